The van der Waals surface area contributed by atoms with Crippen LogP contribution in [-0.2, 0) is 13.5 Å². The van der Waals surface area contributed by atoms with Crippen LogP contribution < -0.4 is 26.2 Å². The fourth-order valence-electron chi connectivity index (χ4n) is 7.84. The Morgan fingerprint density at radius 3 is 2.65 bits per heavy atom. The summed E-state index contributed by atoms with van der Waals surface area (Å²) in [5.74, 6) is 0.586. The molecule has 2 fully saturated rings. The van der Waals surface area contributed by atoms with E-state index >= 15 is 0 Å². The molecular weight excluding hydrogens is 678 g/mol. The Bertz CT molecular complexity index is 2300. The van der Waals surface area contributed by atoms with Gasteiger partial charge in [-0.2, -0.15) is 5.10 Å². The van der Waals surface area contributed by atoms with Gasteiger partial charge < -0.3 is 20.7 Å². The maximum absolute atomic E-state index is 13.8. The Hall–Kier alpha value is -5.14. The van der Waals surface area contributed by atoms with Crippen LogP contribution in [0.2, 0.25) is 5.02 Å². The molecule has 5 heterocycles. The van der Waals surface area contributed by atoms with Gasteiger partial charge in [-0.05, 0) is 61.1 Å². The molecule has 5 aromatic rings. The fourth-order valence-corrected chi connectivity index (χ4v) is 8.17. The number of carbonyl (C=O) groups is 1. The lowest BCUT2D eigenvalue weighted by Crippen LogP contribution is -2.46. The van der Waals surface area contributed by atoms with E-state index in [2.05, 4.69) is 37.0 Å². The second-order valence-electron chi connectivity index (χ2n) is 13.5. The van der Waals surface area contributed by atoms with E-state index in [9.17, 15) is 18.4 Å². The molecule has 8 rings (SSSR count). The number of alkyl halides is 2. The molecule has 262 valence electrons. The summed E-state index contributed by atoms with van der Waals surface area (Å²) in [4.78, 5) is 36.5. The number of benzene rings is 2. The Morgan fingerprint density at radius 2 is 1.88 bits per heavy atom. The third-order valence-electron chi connectivity index (χ3n) is 10.4. The van der Waals surface area contributed by atoms with Crippen molar-refractivity contribution in [3.05, 3.63) is 92.5 Å². The highest BCUT2D eigenvalue weighted by atomic mass is 35.5. The van der Waals surface area contributed by atoms with Crippen LogP contribution in [0.5, 0.6) is 5.88 Å². The fraction of sp³-hybridized carbons (Fsp3) is 0.324. The Kier molecular flexibility index (Phi) is 8.14. The topological polar surface area (TPSA) is 126 Å². The number of ether oxygens (including phenoxy) is 1. The predicted octanol–water partition coefficient (Wildman–Crippen LogP) is 6.45. The minimum atomic E-state index is -2.84. The molecule has 2 atom stereocenters. The molecule has 0 saturated carbocycles. The highest BCUT2D eigenvalue weighted by Gasteiger charge is 2.46. The number of carbonyl (C=O) groups excluding carboxylic acids is 1. The van der Waals surface area contributed by atoms with Crippen LogP contribution in [0.3, 0.4) is 0 Å². The first-order valence-electron chi connectivity index (χ1n) is 16.7. The van der Waals surface area contributed by atoms with Gasteiger partial charge in [-0.25, -0.2) is 28.2 Å². The van der Waals surface area contributed by atoms with Crippen LogP contribution in [0.4, 0.5) is 25.1 Å². The van der Waals surface area contributed by atoms with Gasteiger partial charge in [-0.1, -0.05) is 41.9 Å². The molecule has 3 aromatic heterocycles. The average Bonchev–Trinajstić information content (AvgIpc) is 3.84. The van der Waals surface area contributed by atoms with Crippen LogP contribution in [0.25, 0.3) is 33.2 Å². The van der Waals surface area contributed by atoms with E-state index in [1.165, 1.54) is 19.3 Å². The summed E-state index contributed by atoms with van der Waals surface area (Å²) in [7, 11) is 3.13. The van der Waals surface area contributed by atoms with Crippen molar-refractivity contribution in [2.24, 2.45) is 7.05 Å². The summed E-state index contributed by atoms with van der Waals surface area (Å²) in [6.45, 7) is 4.16. The molecule has 3 N–H and O–H groups in total. The van der Waals surface area contributed by atoms with Crippen molar-refractivity contribution >= 4 is 39.9 Å². The molecule has 1 spiro atoms. The van der Waals surface area contributed by atoms with Crippen molar-refractivity contribution in [3.8, 4) is 28.3 Å². The van der Waals surface area contributed by atoms with Crippen molar-refractivity contribution in [2.45, 2.75) is 44.2 Å². The summed E-state index contributed by atoms with van der Waals surface area (Å²) in [6, 6.07) is 14.6. The second-order valence-corrected chi connectivity index (χ2v) is 13.8. The third kappa shape index (κ3) is 5.64. The number of urea groups is 1. The van der Waals surface area contributed by atoms with Gasteiger partial charge in [-0.3, -0.25) is 9.69 Å². The van der Waals surface area contributed by atoms with E-state index in [0.29, 0.717) is 28.8 Å². The Labute approximate surface area is 297 Å². The first kappa shape index (κ1) is 33.0. The van der Waals surface area contributed by atoms with Gasteiger partial charge in [0.25, 0.3) is 12.0 Å². The number of fused-ring (bicyclic) bond motifs is 2. The lowest BCUT2D eigenvalue weighted by atomic mass is 9.96. The van der Waals surface area contributed by atoms with E-state index in [4.69, 9.17) is 21.3 Å². The van der Waals surface area contributed by atoms with Gasteiger partial charge in [0.2, 0.25) is 5.88 Å². The van der Waals surface area contributed by atoms with Crippen molar-refractivity contribution in [2.75, 3.05) is 32.1 Å². The smallest absolute Gasteiger partial charge is 0.315 e. The molecule has 2 amide bonds. The largest absolute Gasteiger partial charge is 0.481 e. The monoisotopic (exact) mass is 712 g/mol. The van der Waals surface area contributed by atoms with Crippen LogP contribution >= 0.6 is 11.6 Å². The molecule has 1 aliphatic carbocycles. The molecule has 2 unspecified atom stereocenters. The number of nitrogens with one attached hydrogen (secondary N) is 3. The minimum absolute atomic E-state index is 0.0207. The molecule has 11 nitrogen and oxygen atoms in total. The zero-order valence-electron chi connectivity index (χ0n) is 28.2. The summed E-state index contributed by atoms with van der Waals surface area (Å²) in [5.41, 5.74) is 5.43. The maximum Gasteiger partial charge on any atom is 0.315 e. The van der Waals surface area contributed by atoms with Crippen molar-refractivity contribution in [3.63, 3.8) is 0 Å². The van der Waals surface area contributed by atoms with Crippen LogP contribution in [0, 0.1) is 6.92 Å². The van der Waals surface area contributed by atoms with E-state index in [1.54, 1.807) is 13.2 Å². The van der Waals surface area contributed by atoms with Crippen LogP contribution in [0.15, 0.2) is 59.5 Å². The highest BCUT2D eigenvalue weighted by Crippen LogP contribution is 2.46. The highest BCUT2D eigenvalue weighted by molar-refractivity contribution is 6.36. The number of halogens is 3. The number of aromatic nitrogens is 4. The molecule has 2 saturated heterocycles. The Balaban J connectivity index is 1.13. The number of hydrogen-bond donors (Lipinski definition) is 3. The summed E-state index contributed by atoms with van der Waals surface area (Å²) in [5, 5.41) is 14.1. The number of nitrogens with zero attached hydrogens (tertiary/aromatic N) is 5. The number of methoxy groups -OCH3 is 1. The van der Waals surface area contributed by atoms with Crippen molar-refractivity contribution in [1.29, 1.82) is 0 Å². The van der Waals surface area contributed by atoms with E-state index in [0.717, 1.165) is 70.4 Å². The van der Waals surface area contributed by atoms with Crippen LogP contribution in [-0.4, -0.2) is 63.0 Å². The number of anilines is 2. The van der Waals surface area contributed by atoms with Gasteiger partial charge >= 0.3 is 6.03 Å². The minimum Gasteiger partial charge on any atom is -0.481 e. The lowest BCUT2D eigenvalue weighted by molar-refractivity contribution is 0.146. The van der Waals surface area contributed by atoms with E-state index in [1.807, 2.05) is 37.3 Å². The first-order chi connectivity index (χ1) is 24.6. The maximum atomic E-state index is 13.8. The number of pyridine rings is 2. The van der Waals surface area contributed by atoms with Gasteiger partial charge in [0.05, 0.1) is 34.9 Å². The van der Waals surface area contributed by atoms with Gasteiger partial charge in [0.1, 0.15) is 11.5 Å². The van der Waals surface area contributed by atoms with E-state index < -0.39 is 17.7 Å². The molecule has 0 radical (unpaired) electrons. The van der Waals surface area contributed by atoms with Crippen molar-refractivity contribution < 1.29 is 18.3 Å². The Morgan fingerprint density at radius 1 is 1.10 bits per heavy atom. The quantitative estimate of drug-likeness (QED) is 0.176. The average molecular weight is 713 g/mol. The van der Waals surface area contributed by atoms with Gasteiger partial charge in [0.15, 0.2) is 0 Å². The number of likely N-dealkylation sites (tertiary alicyclic amines) is 1. The number of hydrogen-bond acceptors (Lipinski definition) is 8. The standard InChI is InChI=1S/C37H35ClF2N8O3/c1-19-22(6-5-9-25(19)43-33-30-21(15-27(44-33)32(39)40)16-42-47(2)35(30)49)23-7-4-8-24(31(23)38)26-14-20-10-11-28(29(20)34(45-26)51-3)48-13-12-37(18-48)17-41-36(50)46-37/h4-9,14-16,28,32H,10-13,17-18H2,1-3H3,(H,43,44)(H2,41,46,50). The summed E-state index contributed by atoms with van der Waals surface area (Å²) in [6.07, 6.45) is 1.21. The zero-order chi connectivity index (χ0) is 35.6. The first-order valence-corrected chi connectivity index (χ1v) is 17.1. The number of amides is 2. The molecule has 0 bridgehead atoms. The third-order valence-corrected chi connectivity index (χ3v) is 10.8. The summed E-state index contributed by atoms with van der Waals surface area (Å²) >= 11 is 7.20. The lowest BCUT2D eigenvalue weighted by Gasteiger charge is -2.28. The second kappa shape index (κ2) is 12.6. The zero-order valence-corrected chi connectivity index (χ0v) is 28.9. The predicted molar refractivity (Wildman–Crippen MR) is 191 cm³/mol. The molecule has 3 aliphatic rings. The molecule has 2 aliphatic heterocycles. The molecule has 51 heavy (non-hydrogen) atoms. The normalized spacial score (nSPS) is 19.9. The SMILES string of the molecule is COc1nc(-c2cccc(-c3cccc(Nc4nc(C(F)F)cc5cnn(C)c(=O)c45)c3C)c2Cl)cc2c1C(N1CCC3(CNC(=O)N3)C1)CC2. The summed E-state index contributed by atoms with van der Waals surface area (Å²) < 4.78 is 34.7. The number of aryl methyl sites for hydroxylation is 2. The molecule has 2 aromatic carbocycles. The van der Waals surface area contributed by atoms with Gasteiger partial charge in [0, 0.05) is 60.5 Å². The van der Waals surface area contributed by atoms with Gasteiger partial charge in [-0.15, -0.1) is 0 Å². The van der Waals surface area contributed by atoms with Crippen LogP contribution in [0.1, 0.15) is 47.7 Å². The molecule has 14 heteroatoms. The molecular formula is C37H35ClF2N8O3. The number of rotatable bonds is 7. The van der Waals surface area contributed by atoms with Crippen molar-refractivity contribution in [1.82, 2.24) is 35.3 Å². The van der Waals surface area contributed by atoms with E-state index in [-0.39, 0.29) is 34.2 Å².